The van der Waals surface area contributed by atoms with Crippen LogP contribution in [0.4, 0.5) is 0 Å². The molecule has 0 unspecified atom stereocenters. The highest BCUT2D eigenvalue weighted by molar-refractivity contribution is 9.25. The van der Waals surface area contributed by atoms with Crippen molar-refractivity contribution in [3.8, 4) is 12.1 Å². The fraction of sp³-hybridized carbons (Fsp3) is 0.455. The lowest BCUT2D eigenvalue weighted by atomic mass is 9.74. The molecular weight excluding hydrogens is 494 g/mol. The molecule has 0 aromatic carbocycles. The number of nitriles is 2. The maximum absolute atomic E-state index is 9.34. The van der Waals surface area contributed by atoms with E-state index >= 15 is 0 Å². The summed E-state index contributed by atoms with van der Waals surface area (Å²) in [6.45, 7) is 3.74. The predicted octanol–water partition coefficient (Wildman–Crippen LogP) is 4.40. The Labute approximate surface area is 140 Å². The number of dihydropyridines is 1. The molecule has 0 aromatic heterocycles. The van der Waals surface area contributed by atoms with Crippen molar-refractivity contribution in [2.75, 3.05) is 0 Å². The fourth-order valence-corrected chi connectivity index (χ4v) is 3.17. The van der Waals surface area contributed by atoms with E-state index in [2.05, 4.69) is 81.2 Å². The summed E-state index contributed by atoms with van der Waals surface area (Å²) in [6, 6.07) is 4.38. The van der Waals surface area contributed by atoms with Crippen LogP contribution < -0.4 is 5.32 Å². The number of halogens is 4. The number of allylic oxidation sites excluding steroid dienone is 4. The van der Waals surface area contributed by atoms with Gasteiger partial charge in [0.05, 0.1) is 34.7 Å². The molecule has 3 nitrogen and oxygen atoms in total. The Morgan fingerprint density at radius 1 is 0.944 bits per heavy atom. The molecule has 0 aromatic rings. The molecule has 0 radical (unpaired) electrons. The Bertz CT molecular complexity index is 459. The zero-order valence-electron chi connectivity index (χ0n) is 9.56. The monoisotopic (exact) mass is 499 g/mol. The van der Waals surface area contributed by atoms with E-state index in [1.54, 1.807) is 0 Å². The second-order valence-electron chi connectivity index (χ2n) is 4.15. The number of hydrogen-bond donors (Lipinski definition) is 1. The van der Waals surface area contributed by atoms with Gasteiger partial charge < -0.3 is 5.32 Å². The Morgan fingerprint density at radius 3 is 1.50 bits per heavy atom. The van der Waals surface area contributed by atoms with E-state index in [9.17, 15) is 10.5 Å². The van der Waals surface area contributed by atoms with Gasteiger partial charge in [0.1, 0.15) is 7.47 Å². The maximum atomic E-state index is 9.34. The standard InChI is InChI=1S/C11H9Br4N3/c1-11(2)5(3-16)7(9(12)13)18-8(10(14)15)6(11)4-17/h9-10,18H,1-2H3. The van der Waals surface area contributed by atoms with Gasteiger partial charge in [-0.3, -0.25) is 0 Å². The molecule has 0 saturated heterocycles. The summed E-state index contributed by atoms with van der Waals surface area (Å²) in [7, 11) is 0. The molecule has 0 fully saturated rings. The molecule has 0 spiro atoms. The van der Waals surface area contributed by atoms with E-state index in [1.807, 2.05) is 13.8 Å². The van der Waals surface area contributed by atoms with Crippen LogP contribution in [0.5, 0.6) is 0 Å². The lowest BCUT2D eigenvalue weighted by molar-refractivity contribution is 0.534. The fourth-order valence-electron chi connectivity index (χ4n) is 1.80. The first kappa shape index (κ1) is 16.2. The number of hydrogen-bond acceptors (Lipinski definition) is 3. The third-order valence-corrected chi connectivity index (χ3v) is 4.55. The van der Waals surface area contributed by atoms with Gasteiger partial charge in [-0.15, -0.1) is 0 Å². The van der Waals surface area contributed by atoms with Crippen LogP contribution in [-0.4, -0.2) is 7.47 Å². The topological polar surface area (TPSA) is 59.6 Å². The summed E-state index contributed by atoms with van der Waals surface area (Å²) in [5.74, 6) is 0. The summed E-state index contributed by atoms with van der Waals surface area (Å²) < 4.78 is -0.346. The Hall–Kier alpha value is 0.180. The molecule has 1 N–H and O–H groups in total. The first-order valence-electron chi connectivity index (χ1n) is 4.90. The quantitative estimate of drug-likeness (QED) is 0.569. The average molecular weight is 503 g/mol. The first-order chi connectivity index (χ1) is 8.27. The van der Waals surface area contributed by atoms with Crippen molar-refractivity contribution in [1.82, 2.24) is 5.32 Å². The van der Waals surface area contributed by atoms with Crippen molar-refractivity contribution in [3.63, 3.8) is 0 Å². The van der Waals surface area contributed by atoms with E-state index in [4.69, 9.17) is 0 Å². The van der Waals surface area contributed by atoms with E-state index in [0.717, 1.165) is 11.4 Å². The predicted molar refractivity (Wildman–Crippen MR) is 85.5 cm³/mol. The van der Waals surface area contributed by atoms with Crippen molar-refractivity contribution in [3.05, 3.63) is 22.5 Å². The van der Waals surface area contributed by atoms with Crippen LogP contribution in [0.3, 0.4) is 0 Å². The highest BCUT2D eigenvalue weighted by Crippen LogP contribution is 2.44. The largest absolute Gasteiger partial charge is 0.357 e. The number of nitrogens with zero attached hydrogens (tertiary/aromatic N) is 2. The molecule has 0 atom stereocenters. The van der Waals surface area contributed by atoms with Gasteiger partial charge in [-0.25, -0.2) is 0 Å². The Morgan fingerprint density at radius 2 is 1.28 bits per heavy atom. The molecule has 1 aliphatic rings. The van der Waals surface area contributed by atoms with Gasteiger partial charge >= 0.3 is 0 Å². The van der Waals surface area contributed by atoms with Crippen molar-refractivity contribution >= 4 is 63.7 Å². The molecule has 96 valence electrons. The lowest BCUT2D eigenvalue weighted by Gasteiger charge is -2.35. The lowest BCUT2D eigenvalue weighted by Crippen LogP contribution is -2.36. The summed E-state index contributed by atoms with van der Waals surface area (Å²) in [4.78, 5) is 0. The normalized spacial score (nSPS) is 18.8. The second-order valence-corrected chi connectivity index (χ2v) is 10.3. The zero-order chi connectivity index (χ0) is 14.1. The third-order valence-electron chi connectivity index (χ3n) is 2.72. The summed E-state index contributed by atoms with van der Waals surface area (Å²) >= 11 is 13.6. The first-order valence-corrected chi connectivity index (χ1v) is 8.56. The molecule has 0 bridgehead atoms. The van der Waals surface area contributed by atoms with Gasteiger partial charge in [-0.1, -0.05) is 77.6 Å². The summed E-state index contributed by atoms with van der Waals surface area (Å²) in [6.07, 6.45) is 0. The summed E-state index contributed by atoms with van der Waals surface area (Å²) in [5, 5.41) is 21.8. The average Bonchev–Trinajstić information content (AvgIpc) is 2.25. The molecule has 1 rings (SSSR count). The van der Waals surface area contributed by atoms with Gasteiger partial charge in [-0.2, -0.15) is 10.5 Å². The van der Waals surface area contributed by atoms with Crippen LogP contribution in [0.25, 0.3) is 0 Å². The maximum Gasteiger partial charge on any atom is 0.110 e. The molecule has 0 amide bonds. The highest BCUT2D eigenvalue weighted by atomic mass is 79.9. The van der Waals surface area contributed by atoms with Gasteiger partial charge in [0.25, 0.3) is 0 Å². The zero-order valence-corrected chi connectivity index (χ0v) is 15.9. The number of nitrogens with one attached hydrogen (secondary N) is 1. The van der Waals surface area contributed by atoms with Crippen LogP contribution in [-0.2, 0) is 0 Å². The molecule has 0 aliphatic carbocycles. The van der Waals surface area contributed by atoms with Crippen LogP contribution in [0.15, 0.2) is 22.5 Å². The smallest absolute Gasteiger partial charge is 0.110 e. The Balaban J connectivity index is 3.52. The highest BCUT2D eigenvalue weighted by Gasteiger charge is 2.39. The van der Waals surface area contributed by atoms with Gasteiger partial charge in [-0.05, 0) is 0 Å². The van der Waals surface area contributed by atoms with Gasteiger partial charge in [0, 0.05) is 5.41 Å². The second kappa shape index (κ2) is 6.09. The molecule has 1 heterocycles. The minimum Gasteiger partial charge on any atom is -0.357 e. The van der Waals surface area contributed by atoms with Crippen molar-refractivity contribution in [1.29, 1.82) is 10.5 Å². The minimum absolute atomic E-state index is 0.173. The number of alkyl halides is 4. The molecule has 0 saturated carbocycles. The van der Waals surface area contributed by atoms with Crippen LogP contribution in [0.1, 0.15) is 13.8 Å². The van der Waals surface area contributed by atoms with Gasteiger partial charge in [0.2, 0.25) is 0 Å². The Kier molecular flexibility index (Phi) is 5.49. The summed E-state index contributed by atoms with van der Waals surface area (Å²) in [5.41, 5.74) is 1.91. The van der Waals surface area contributed by atoms with E-state index in [-0.39, 0.29) is 7.47 Å². The van der Waals surface area contributed by atoms with Crippen molar-refractivity contribution < 1.29 is 0 Å². The number of rotatable bonds is 2. The molecule has 18 heavy (non-hydrogen) atoms. The van der Waals surface area contributed by atoms with Crippen LogP contribution >= 0.6 is 63.7 Å². The minimum atomic E-state index is -0.626. The SMILES string of the molecule is CC1(C)C(C#N)=C(C(Br)Br)NC(C(Br)Br)=C1C#N. The molecular formula is C11H9Br4N3. The van der Waals surface area contributed by atoms with Crippen molar-refractivity contribution in [2.24, 2.45) is 5.41 Å². The van der Waals surface area contributed by atoms with E-state index in [0.29, 0.717) is 11.1 Å². The third kappa shape index (κ3) is 2.85. The van der Waals surface area contributed by atoms with Crippen LogP contribution in [0.2, 0.25) is 0 Å². The van der Waals surface area contributed by atoms with Gasteiger partial charge in [0.15, 0.2) is 0 Å². The van der Waals surface area contributed by atoms with E-state index < -0.39 is 5.41 Å². The van der Waals surface area contributed by atoms with E-state index in [1.165, 1.54) is 0 Å². The van der Waals surface area contributed by atoms with Crippen LogP contribution in [0, 0.1) is 28.1 Å². The molecule has 1 aliphatic heterocycles. The molecule has 7 heteroatoms. The van der Waals surface area contributed by atoms with Crippen molar-refractivity contribution in [2.45, 2.75) is 21.3 Å².